The summed E-state index contributed by atoms with van der Waals surface area (Å²) in [6, 6.07) is 47.3. The van der Waals surface area contributed by atoms with Gasteiger partial charge in [-0.3, -0.25) is 0 Å². The zero-order valence-corrected chi connectivity index (χ0v) is 27.4. The number of fused-ring (bicyclic) bond motifs is 9. The maximum Gasteiger partial charge on any atom is 0.160 e. The molecule has 232 valence electrons. The number of benzene rings is 7. The fourth-order valence-electron chi connectivity index (χ4n) is 7.74. The molecule has 49 heavy (non-hydrogen) atoms. The van der Waals surface area contributed by atoms with Crippen LogP contribution in [0, 0.1) is 6.92 Å². The van der Waals surface area contributed by atoms with Gasteiger partial charge in [0.15, 0.2) is 5.82 Å². The first-order chi connectivity index (χ1) is 23.9. The first kappa shape index (κ1) is 27.9. The van der Waals surface area contributed by atoms with Crippen molar-refractivity contribution in [2.45, 2.75) is 26.2 Å². The Balaban J connectivity index is 1.12. The lowest BCUT2D eigenvalue weighted by molar-refractivity contribution is 0.660. The van der Waals surface area contributed by atoms with Crippen LogP contribution in [0.1, 0.15) is 30.5 Å². The monoisotopic (exact) mass is 629 g/mol. The summed E-state index contributed by atoms with van der Waals surface area (Å²) in [5, 5.41) is 15.3. The van der Waals surface area contributed by atoms with Crippen LogP contribution in [-0.2, 0) is 5.41 Å². The molecule has 5 heteroatoms. The summed E-state index contributed by atoms with van der Waals surface area (Å²) >= 11 is 0. The maximum atomic E-state index is 5.29. The predicted molar refractivity (Wildman–Crippen MR) is 200 cm³/mol. The first-order valence-electron chi connectivity index (χ1n) is 16.7. The summed E-state index contributed by atoms with van der Waals surface area (Å²) < 4.78 is 0. The van der Waals surface area contributed by atoms with Crippen LogP contribution in [0.3, 0.4) is 0 Å². The SMILES string of the molecule is Cc1ccc(-n2nc3ccc4ccc5cc(-c6nc(-c7ccc8c(c7)C(C)(C)c7ccccc7-8)c7ccccc7n6)ccc5c4c3n2)cc1. The van der Waals surface area contributed by atoms with Gasteiger partial charge >= 0.3 is 0 Å². The molecule has 0 unspecified atom stereocenters. The minimum atomic E-state index is -0.0916. The fourth-order valence-corrected chi connectivity index (χ4v) is 7.74. The highest BCUT2D eigenvalue weighted by atomic mass is 15.5. The van der Waals surface area contributed by atoms with Crippen molar-refractivity contribution in [3.63, 3.8) is 0 Å². The van der Waals surface area contributed by atoms with Gasteiger partial charge in [0.05, 0.1) is 16.9 Å². The Hall–Kier alpha value is -6.20. The molecule has 0 fully saturated rings. The number of aryl methyl sites for hydroxylation is 1. The second-order valence-corrected chi connectivity index (χ2v) is 13.7. The zero-order chi connectivity index (χ0) is 32.9. The summed E-state index contributed by atoms with van der Waals surface area (Å²) in [5.41, 5.74) is 13.1. The lowest BCUT2D eigenvalue weighted by atomic mass is 9.82. The highest BCUT2D eigenvalue weighted by molar-refractivity contribution is 6.18. The topological polar surface area (TPSA) is 56.5 Å². The van der Waals surface area contributed by atoms with E-state index in [0.29, 0.717) is 5.82 Å². The summed E-state index contributed by atoms with van der Waals surface area (Å²) in [6.45, 7) is 6.72. The van der Waals surface area contributed by atoms with Crippen molar-refractivity contribution in [1.29, 1.82) is 0 Å². The van der Waals surface area contributed by atoms with Crippen molar-refractivity contribution in [2.24, 2.45) is 0 Å². The quantitative estimate of drug-likeness (QED) is 0.183. The number of rotatable bonds is 3. The predicted octanol–water partition coefficient (Wildman–Crippen LogP) is 10.6. The fraction of sp³-hybridized carbons (Fsp3) is 0.0909. The van der Waals surface area contributed by atoms with Crippen LogP contribution in [0.4, 0.5) is 0 Å². The Morgan fingerprint density at radius 1 is 0.551 bits per heavy atom. The van der Waals surface area contributed by atoms with E-state index < -0.39 is 0 Å². The van der Waals surface area contributed by atoms with Gasteiger partial charge in [0.1, 0.15) is 11.0 Å². The number of para-hydroxylation sites is 1. The number of hydrogen-bond donors (Lipinski definition) is 0. The summed E-state index contributed by atoms with van der Waals surface area (Å²) in [4.78, 5) is 12.1. The van der Waals surface area contributed by atoms with Gasteiger partial charge in [-0.25, -0.2) is 9.97 Å². The highest BCUT2D eigenvalue weighted by Gasteiger charge is 2.35. The molecule has 2 heterocycles. The molecule has 0 N–H and O–H groups in total. The maximum absolute atomic E-state index is 5.29. The molecular weight excluding hydrogens is 599 g/mol. The molecule has 0 atom stereocenters. The molecule has 0 saturated heterocycles. The van der Waals surface area contributed by atoms with E-state index in [4.69, 9.17) is 20.2 Å². The van der Waals surface area contributed by atoms with Gasteiger partial charge in [-0.05, 0) is 81.7 Å². The van der Waals surface area contributed by atoms with Crippen LogP contribution in [-0.4, -0.2) is 25.0 Å². The Kier molecular flexibility index (Phi) is 5.77. The average molecular weight is 630 g/mol. The molecule has 1 aliphatic rings. The van der Waals surface area contributed by atoms with Crippen LogP contribution in [0.5, 0.6) is 0 Å². The van der Waals surface area contributed by atoms with E-state index in [2.05, 4.69) is 148 Å². The van der Waals surface area contributed by atoms with Crippen LogP contribution < -0.4 is 0 Å². The zero-order valence-electron chi connectivity index (χ0n) is 27.4. The molecule has 0 radical (unpaired) electrons. The molecule has 10 rings (SSSR count). The van der Waals surface area contributed by atoms with Crippen molar-refractivity contribution in [3.8, 4) is 39.5 Å². The number of aromatic nitrogens is 5. The molecule has 0 spiro atoms. The lowest BCUT2D eigenvalue weighted by Crippen LogP contribution is -2.14. The van der Waals surface area contributed by atoms with E-state index in [-0.39, 0.29) is 5.41 Å². The van der Waals surface area contributed by atoms with E-state index in [1.54, 1.807) is 4.80 Å². The Morgan fingerprint density at radius 2 is 1.31 bits per heavy atom. The minimum Gasteiger partial charge on any atom is -0.228 e. The third-order valence-corrected chi connectivity index (χ3v) is 10.3. The molecule has 0 aliphatic heterocycles. The van der Waals surface area contributed by atoms with Crippen LogP contribution >= 0.6 is 0 Å². The van der Waals surface area contributed by atoms with Gasteiger partial charge in [0, 0.05) is 27.3 Å². The second kappa shape index (κ2) is 10.1. The molecule has 0 amide bonds. The molecular formula is C44H31N5. The third kappa shape index (κ3) is 4.18. The number of nitrogens with zero attached hydrogens (tertiary/aromatic N) is 5. The van der Waals surface area contributed by atoms with E-state index in [0.717, 1.165) is 66.0 Å². The molecule has 7 aromatic carbocycles. The van der Waals surface area contributed by atoms with E-state index in [1.165, 1.54) is 27.8 Å². The molecule has 5 nitrogen and oxygen atoms in total. The molecule has 0 saturated carbocycles. The van der Waals surface area contributed by atoms with Crippen molar-refractivity contribution < 1.29 is 0 Å². The normalized spacial score (nSPS) is 13.4. The summed E-state index contributed by atoms with van der Waals surface area (Å²) in [6.07, 6.45) is 0. The molecule has 0 bridgehead atoms. The lowest BCUT2D eigenvalue weighted by Gasteiger charge is -2.22. The Bertz CT molecular complexity index is 2810. The van der Waals surface area contributed by atoms with Crippen LogP contribution in [0.25, 0.3) is 82.9 Å². The Morgan fingerprint density at radius 3 is 2.20 bits per heavy atom. The minimum absolute atomic E-state index is 0.0916. The molecule has 9 aromatic rings. The highest BCUT2D eigenvalue weighted by Crippen LogP contribution is 2.49. The van der Waals surface area contributed by atoms with Crippen molar-refractivity contribution in [1.82, 2.24) is 25.0 Å². The summed E-state index contributed by atoms with van der Waals surface area (Å²) in [5.74, 6) is 0.710. The molecule has 1 aliphatic carbocycles. The third-order valence-electron chi connectivity index (χ3n) is 10.3. The standard InChI is InChI=1S/C44H31N5/c1-26-12-19-31(20-13-26)49-47-39-23-18-27-14-15-28-24-30(17-21-32(28)40(27)42(39)48-49)43-45-38-11-7-5-9-35(38)41(46-43)29-16-22-34-33-8-4-6-10-36(33)44(2,3)37(34)25-29/h4-25H,1-3H3. The Labute approximate surface area is 283 Å². The van der Waals surface area contributed by atoms with E-state index >= 15 is 0 Å². The molecule has 2 aromatic heterocycles. The van der Waals surface area contributed by atoms with Crippen LogP contribution in [0.2, 0.25) is 0 Å². The smallest absolute Gasteiger partial charge is 0.160 e. The van der Waals surface area contributed by atoms with Crippen molar-refractivity contribution in [3.05, 3.63) is 150 Å². The number of hydrogen-bond acceptors (Lipinski definition) is 4. The van der Waals surface area contributed by atoms with Gasteiger partial charge in [0.25, 0.3) is 0 Å². The van der Waals surface area contributed by atoms with Crippen molar-refractivity contribution >= 4 is 43.5 Å². The van der Waals surface area contributed by atoms with Gasteiger partial charge in [-0.2, -0.15) is 4.80 Å². The first-order valence-corrected chi connectivity index (χ1v) is 16.7. The van der Waals surface area contributed by atoms with E-state index in [9.17, 15) is 0 Å². The van der Waals surface area contributed by atoms with Gasteiger partial charge in [-0.1, -0.05) is 116 Å². The van der Waals surface area contributed by atoms with E-state index in [1.807, 2.05) is 6.07 Å². The van der Waals surface area contributed by atoms with Gasteiger partial charge in [-0.15, -0.1) is 10.2 Å². The van der Waals surface area contributed by atoms with Crippen molar-refractivity contribution in [2.75, 3.05) is 0 Å². The van der Waals surface area contributed by atoms with Crippen LogP contribution in [0.15, 0.2) is 133 Å². The summed E-state index contributed by atoms with van der Waals surface area (Å²) in [7, 11) is 0. The van der Waals surface area contributed by atoms with Gasteiger partial charge < -0.3 is 0 Å². The van der Waals surface area contributed by atoms with Gasteiger partial charge in [0.2, 0.25) is 0 Å². The largest absolute Gasteiger partial charge is 0.228 e. The second-order valence-electron chi connectivity index (χ2n) is 13.7. The average Bonchev–Trinajstić information content (AvgIpc) is 3.67.